The molecule has 0 bridgehead atoms. The minimum Gasteiger partial charge on any atom is -0.444 e. The zero-order valence-electron chi connectivity index (χ0n) is 13.4. The second-order valence-corrected chi connectivity index (χ2v) is 6.84. The van der Waals surface area contributed by atoms with Gasteiger partial charge in [-0.3, -0.25) is 4.79 Å². The number of amides is 1. The third-order valence-electron chi connectivity index (χ3n) is 4.32. The highest BCUT2D eigenvalue weighted by Crippen LogP contribution is 2.33. The van der Waals surface area contributed by atoms with Gasteiger partial charge in [0.2, 0.25) is 5.89 Å². The van der Waals surface area contributed by atoms with Gasteiger partial charge in [0, 0.05) is 17.3 Å². The average molecular weight is 373 g/mol. The Morgan fingerprint density at radius 1 is 1.20 bits per heavy atom. The first-order valence-electron chi connectivity index (χ1n) is 7.87. The normalized spacial score (nSPS) is 16.1. The van der Waals surface area contributed by atoms with Gasteiger partial charge < -0.3 is 9.32 Å². The molecule has 0 radical (unpaired) electrons. The van der Waals surface area contributed by atoms with Gasteiger partial charge in [-0.1, -0.05) is 41.4 Å². The molecule has 0 fully saturated rings. The maximum Gasteiger partial charge on any atom is 0.280 e. The maximum absolute atomic E-state index is 12.9. The molecule has 126 valence electrons. The minimum absolute atomic E-state index is 0.0787. The second kappa shape index (κ2) is 6.21. The number of oxazole rings is 1. The molecule has 0 aliphatic carbocycles. The highest BCUT2D eigenvalue weighted by Gasteiger charge is 2.32. The van der Waals surface area contributed by atoms with Gasteiger partial charge in [0.15, 0.2) is 5.69 Å². The van der Waals surface area contributed by atoms with Crippen LogP contribution < -0.4 is 4.90 Å². The number of benzene rings is 2. The van der Waals surface area contributed by atoms with Gasteiger partial charge in [0.25, 0.3) is 5.91 Å². The molecule has 0 N–H and O–H groups in total. The van der Waals surface area contributed by atoms with E-state index in [9.17, 15) is 4.79 Å². The smallest absolute Gasteiger partial charge is 0.280 e. The Kier molecular flexibility index (Phi) is 4.02. The van der Waals surface area contributed by atoms with Crippen molar-refractivity contribution in [3.8, 4) is 11.5 Å². The summed E-state index contributed by atoms with van der Waals surface area (Å²) < 4.78 is 5.49. The molecule has 0 saturated heterocycles. The molecule has 0 spiro atoms. The van der Waals surface area contributed by atoms with Crippen LogP contribution in [0.15, 0.2) is 53.1 Å². The fourth-order valence-electron chi connectivity index (χ4n) is 3.13. The van der Waals surface area contributed by atoms with Crippen molar-refractivity contribution in [3.63, 3.8) is 0 Å². The molecule has 1 unspecified atom stereocenters. The van der Waals surface area contributed by atoms with Crippen LogP contribution in [0.3, 0.4) is 0 Å². The average Bonchev–Trinajstić information content (AvgIpc) is 3.21. The number of halogens is 2. The molecule has 1 aliphatic heterocycles. The molecule has 1 amide bonds. The number of rotatable bonds is 2. The summed E-state index contributed by atoms with van der Waals surface area (Å²) in [6, 6.07) is 13.1. The van der Waals surface area contributed by atoms with Crippen LogP contribution >= 0.6 is 23.2 Å². The zero-order chi connectivity index (χ0) is 17.6. The summed E-state index contributed by atoms with van der Waals surface area (Å²) in [5.41, 5.74) is 3.03. The lowest BCUT2D eigenvalue weighted by Gasteiger charge is -2.21. The monoisotopic (exact) mass is 372 g/mol. The van der Waals surface area contributed by atoms with Crippen molar-refractivity contribution >= 4 is 34.8 Å². The Balaban J connectivity index is 1.66. The van der Waals surface area contributed by atoms with Crippen LogP contribution in [0.1, 0.15) is 23.0 Å². The molecule has 1 aromatic heterocycles. The Morgan fingerprint density at radius 3 is 2.80 bits per heavy atom. The summed E-state index contributed by atoms with van der Waals surface area (Å²) in [7, 11) is 0. The quantitative estimate of drug-likeness (QED) is 0.617. The summed E-state index contributed by atoms with van der Waals surface area (Å²) in [5, 5.41) is 0.864. The highest BCUT2D eigenvalue weighted by molar-refractivity contribution is 6.42. The molecule has 4 rings (SSSR count). The number of para-hydroxylation sites is 1. The van der Waals surface area contributed by atoms with Crippen molar-refractivity contribution in [2.24, 2.45) is 0 Å². The molecule has 1 atom stereocenters. The van der Waals surface area contributed by atoms with Crippen LogP contribution in [0, 0.1) is 0 Å². The van der Waals surface area contributed by atoms with Crippen LogP contribution in [-0.4, -0.2) is 16.9 Å². The summed E-state index contributed by atoms with van der Waals surface area (Å²) in [6.45, 7) is 2.03. The van der Waals surface area contributed by atoms with Gasteiger partial charge in [-0.2, -0.15) is 0 Å². The molecular formula is C19H14Cl2N2O2. The highest BCUT2D eigenvalue weighted by atomic mass is 35.5. The van der Waals surface area contributed by atoms with Crippen molar-refractivity contribution in [2.45, 2.75) is 19.4 Å². The number of carbonyl (C=O) groups is 1. The molecular weight excluding hydrogens is 359 g/mol. The molecule has 1 aliphatic rings. The largest absolute Gasteiger partial charge is 0.444 e. The minimum atomic E-state index is -0.174. The lowest BCUT2D eigenvalue weighted by atomic mass is 10.1. The van der Waals surface area contributed by atoms with Crippen molar-refractivity contribution < 1.29 is 9.21 Å². The number of hydrogen-bond acceptors (Lipinski definition) is 3. The molecule has 25 heavy (non-hydrogen) atoms. The molecule has 3 aromatic rings. The van der Waals surface area contributed by atoms with E-state index in [1.54, 1.807) is 23.1 Å². The fraction of sp³-hybridized carbons (Fsp3) is 0.158. The molecule has 2 heterocycles. The second-order valence-electron chi connectivity index (χ2n) is 6.02. The third-order valence-corrected chi connectivity index (χ3v) is 5.05. The summed E-state index contributed by atoms with van der Waals surface area (Å²) in [4.78, 5) is 19.1. The molecule has 0 saturated carbocycles. The van der Waals surface area contributed by atoms with Gasteiger partial charge in [-0.15, -0.1) is 0 Å². The number of aromatic nitrogens is 1. The predicted molar refractivity (Wildman–Crippen MR) is 98.4 cm³/mol. The predicted octanol–water partition coefficient (Wildman–Crippen LogP) is 5.24. The summed E-state index contributed by atoms with van der Waals surface area (Å²) in [5.74, 6) is 0.162. The van der Waals surface area contributed by atoms with Crippen molar-refractivity contribution in [1.82, 2.24) is 4.98 Å². The van der Waals surface area contributed by atoms with Gasteiger partial charge >= 0.3 is 0 Å². The van der Waals surface area contributed by atoms with Crippen molar-refractivity contribution in [2.75, 3.05) is 4.90 Å². The van der Waals surface area contributed by atoms with E-state index in [1.165, 1.54) is 6.26 Å². The zero-order valence-corrected chi connectivity index (χ0v) is 14.9. The van der Waals surface area contributed by atoms with Crippen LogP contribution in [0.5, 0.6) is 0 Å². The van der Waals surface area contributed by atoms with E-state index >= 15 is 0 Å². The van der Waals surface area contributed by atoms with Gasteiger partial charge in [-0.25, -0.2) is 4.98 Å². The lowest BCUT2D eigenvalue weighted by molar-refractivity contribution is 0.0976. The summed E-state index contributed by atoms with van der Waals surface area (Å²) in [6.07, 6.45) is 2.22. The van der Waals surface area contributed by atoms with E-state index in [4.69, 9.17) is 27.6 Å². The first-order valence-corrected chi connectivity index (χ1v) is 8.62. The Morgan fingerprint density at radius 2 is 2.00 bits per heavy atom. The van der Waals surface area contributed by atoms with Crippen LogP contribution in [-0.2, 0) is 6.42 Å². The summed E-state index contributed by atoms with van der Waals surface area (Å²) >= 11 is 12.0. The Labute approximate surface area is 155 Å². The first kappa shape index (κ1) is 16.2. The van der Waals surface area contributed by atoms with E-state index in [-0.39, 0.29) is 17.6 Å². The lowest BCUT2D eigenvalue weighted by Crippen LogP contribution is -2.35. The van der Waals surface area contributed by atoms with E-state index in [0.29, 0.717) is 21.5 Å². The number of carbonyl (C=O) groups excluding carboxylic acids is 1. The Bertz CT molecular complexity index is 968. The van der Waals surface area contributed by atoms with Crippen LogP contribution in [0.25, 0.3) is 11.5 Å². The standard InChI is InChI=1S/C19H14Cl2N2O2/c1-11-8-12-4-2-3-5-17(12)23(11)19(24)16-10-25-18(22-16)13-6-7-14(20)15(21)9-13/h2-7,9-11H,8H2,1H3. The third kappa shape index (κ3) is 2.81. The first-order chi connectivity index (χ1) is 12.0. The number of anilines is 1. The topological polar surface area (TPSA) is 46.3 Å². The SMILES string of the molecule is CC1Cc2ccccc2N1C(=O)c1coc(-c2ccc(Cl)c(Cl)c2)n1. The number of hydrogen-bond donors (Lipinski definition) is 0. The van der Waals surface area contributed by atoms with Gasteiger partial charge in [0.1, 0.15) is 6.26 Å². The van der Waals surface area contributed by atoms with E-state index in [0.717, 1.165) is 17.7 Å². The van der Waals surface area contributed by atoms with Crippen LogP contribution in [0.4, 0.5) is 5.69 Å². The van der Waals surface area contributed by atoms with E-state index in [2.05, 4.69) is 4.98 Å². The maximum atomic E-state index is 12.9. The van der Waals surface area contributed by atoms with E-state index < -0.39 is 0 Å². The van der Waals surface area contributed by atoms with Crippen molar-refractivity contribution in [1.29, 1.82) is 0 Å². The van der Waals surface area contributed by atoms with Crippen LogP contribution in [0.2, 0.25) is 10.0 Å². The fourth-order valence-corrected chi connectivity index (χ4v) is 3.43. The van der Waals surface area contributed by atoms with Crippen molar-refractivity contribution in [3.05, 3.63) is 70.0 Å². The van der Waals surface area contributed by atoms with Gasteiger partial charge in [-0.05, 0) is 43.2 Å². The van der Waals surface area contributed by atoms with Gasteiger partial charge in [0.05, 0.1) is 10.0 Å². The molecule has 4 nitrogen and oxygen atoms in total. The Hall–Kier alpha value is -2.30. The number of fused-ring (bicyclic) bond motifs is 1. The van der Waals surface area contributed by atoms with E-state index in [1.807, 2.05) is 31.2 Å². The number of nitrogens with zero attached hydrogens (tertiary/aromatic N) is 2. The molecule has 2 aromatic carbocycles. The molecule has 6 heteroatoms.